The molecule has 0 aliphatic carbocycles. The lowest BCUT2D eigenvalue weighted by atomic mass is 10.2. The van der Waals surface area contributed by atoms with Gasteiger partial charge in [-0.05, 0) is 24.3 Å². The van der Waals surface area contributed by atoms with Crippen molar-refractivity contribution in [1.29, 1.82) is 0 Å². The van der Waals surface area contributed by atoms with Gasteiger partial charge in [-0.3, -0.25) is 10.1 Å². The van der Waals surface area contributed by atoms with Crippen LogP contribution in [0.3, 0.4) is 0 Å². The van der Waals surface area contributed by atoms with Gasteiger partial charge in [0.25, 0.3) is 5.69 Å². The van der Waals surface area contributed by atoms with Gasteiger partial charge < -0.3 is 9.30 Å². The molecule has 0 aliphatic heterocycles. The highest BCUT2D eigenvalue weighted by Crippen LogP contribution is 2.27. The summed E-state index contributed by atoms with van der Waals surface area (Å²) in [7, 11) is 1.84. The molecule has 2 aromatic carbocycles. The largest absolute Gasteiger partial charge is 0.486 e. The van der Waals surface area contributed by atoms with Crippen LogP contribution in [0.25, 0.3) is 0 Å². The lowest BCUT2D eigenvalue weighted by Crippen LogP contribution is -2.04. The van der Waals surface area contributed by atoms with E-state index in [4.69, 9.17) is 16.3 Å². The molecule has 9 heteroatoms. The fourth-order valence-electron chi connectivity index (χ4n) is 2.23. The number of para-hydroxylation sites is 1. The number of hydrogen-bond donors (Lipinski definition) is 0. The second-order valence-electron chi connectivity index (χ2n) is 5.37. The van der Waals surface area contributed by atoms with Gasteiger partial charge in [0.1, 0.15) is 12.4 Å². The first-order chi connectivity index (χ1) is 12.5. The van der Waals surface area contributed by atoms with Crippen LogP contribution in [0.15, 0.2) is 53.7 Å². The van der Waals surface area contributed by atoms with Crippen molar-refractivity contribution >= 4 is 29.1 Å². The topological polar surface area (TPSA) is 83.1 Å². The van der Waals surface area contributed by atoms with E-state index in [9.17, 15) is 10.1 Å². The summed E-state index contributed by atoms with van der Waals surface area (Å²) in [5.41, 5.74) is 0.748. The third-order valence-corrected chi connectivity index (χ3v) is 4.97. The van der Waals surface area contributed by atoms with Gasteiger partial charge in [-0.15, -0.1) is 10.2 Å². The van der Waals surface area contributed by atoms with E-state index in [1.807, 2.05) is 11.6 Å². The number of thioether (sulfide) groups is 1. The molecule has 0 spiro atoms. The van der Waals surface area contributed by atoms with Gasteiger partial charge >= 0.3 is 0 Å². The second-order valence-corrected chi connectivity index (χ2v) is 6.75. The molecule has 0 amide bonds. The van der Waals surface area contributed by atoms with E-state index in [1.54, 1.807) is 42.5 Å². The van der Waals surface area contributed by atoms with Crippen molar-refractivity contribution in [2.24, 2.45) is 7.05 Å². The highest BCUT2D eigenvalue weighted by molar-refractivity contribution is 7.98. The normalized spacial score (nSPS) is 10.7. The molecule has 7 nitrogen and oxygen atoms in total. The Morgan fingerprint density at radius 3 is 2.65 bits per heavy atom. The Morgan fingerprint density at radius 1 is 1.19 bits per heavy atom. The molecule has 0 saturated carbocycles. The molecule has 0 saturated heterocycles. The van der Waals surface area contributed by atoms with E-state index in [0.29, 0.717) is 33.1 Å². The third kappa shape index (κ3) is 4.33. The Bertz CT molecular complexity index is 915. The zero-order chi connectivity index (χ0) is 18.5. The van der Waals surface area contributed by atoms with E-state index in [0.717, 1.165) is 0 Å². The smallest absolute Gasteiger partial charge is 0.273 e. The Balaban J connectivity index is 1.64. The van der Waals surface area contributed by atoms with Crippen LogP contribution >= 0.6 is 23.4 Å². The molecule has 0 aliphatic rings. The first-order valence-electron chi connectivity index (χ1n) is 7.66. The van der Waals surface area contributed by atoms with E-state index < -0.39 is 0 Å². The minimum absolute atomic E-state index is 0.105. The number of ether oxygens (including phenoxy) is 1. The summed E-state index contributed by atoms with van der Waals surface area (Å²) < 4.78 is 7.49. The number of nitro groups is 1. The standard InChI is InChI=1S/C17H15ClN4O3S/c1-21-16(10-25-14-8-6-13(18)7-9-14)19-20-17(21)26-11-12-4-2-3-5-15(12)22(23)24/h2-9H,10-11H2,1H3. The molecule has 26 heavy (non-hydrogen) atoms. The van der Waals surface area contributed by atoms with Crippen molar-refractivity contribution in [2.75, 3.05) is 0 Å². The van der Waals surface area contributed by atoms with Gasteiger partial charge in [0.15, 0.2) is 11.0 Å². The monoisotopic (exact) mass is 390 g/mol. The molecule has 0 bridgehead atoms. The fourth-order valence-corrected chi connectivity index (χ4v) is 3.28. The summed E-state index contributed by atoms with van der Waals surface area (Å²) in [6.07, 6.45) is 0. The molecule has 134 valence electrons. The number of benzene rings is 2. The lowest BCUT2D eigenvalue weighted by molar-refractivity contribution is -0.385. The van der Waals surface area contributed by atoms with Crippen LogP contribution in [0.4, 0.5) is 5.69 Å². The maximum atomic E-state index is 11.1. The van der Waals surface area contributed by atoms with Crippen molar-refractivity contribution in [3.63, 3.8) is 0 Å². The van der Waals surface area contributed by atoms with E-state index in [1.165, 1.54) is 17.8 Å². The number of rotatable bonds is 7. The van der Waals surface area contributed by atoms with E-state index in [-0.39, 0.29) is 17.2 Å². The minimum atomic E-state index is -0.377. The zero-order valence-electron chi connectivity index (χ0n) is 13.8. The average Bonchev–Trinajstić information content (AvgIpc) is 2.99. The molecule has 1 heterocycles. The Kier molecular flexibility index (Phi) is 5.75. The van der Waals surface area contributed by atoms with Crippen molar-refractivity contribution < 1.29 is 9.66 Å². The molecule has 3 aromatic rings. The van der Waals surface area contributed by atoms with E-state index in [2.05, 4.69) is 10.2 Å². The van der Waals surface area contributed by atoms with Crippen molar-refractivity contribution in [3.8, 4) is 5.75 Å². The quantitative estimate of drug-likeness (QED) is 0.340. The predicted octanol–water partition coefficient (Wildman–Crippen LogP) is 4.25. The molecule has 3 rings (SSSR count). The van der Waals surface area contributed by atoms with Crippen LogP contribution in [0.5, 0.6) is 5.75 Å². The summed E-state index contributed by atoms with van der Waals surface area (Å²) in [6.45, 7) is 0.261. The number of aromatic nitrogens is 3. The molecule has 0 fully saturated rings. The zero-order valence-corrected chi connectivity index (χ0v) is 15.4. The number of hydrogen-bond acceptors (Lipinski definition) is 6. The first-order valence-corrected chi connectivity index (χ1v) is 9.02. The molecule has 0 radical (unpaired) electrons. The highest BCUT2D eigenvalue weighted by atomic mass is 35.5. The van der Waals surface area contributed by atoms with Gasteiger partial charge in [0, 0.05) is 29.5 Å². The predicted molar refractivity (Wildman–Crippen MR) is 99.4 cm³/mol. The Morgan fingerprint density at radius 2 is 1.92 bits per heavy atom. The average molecular weight is 391 g/mol. The molecule has 1 aromatic heterocycles. The summed E-state index contributed by atoms with van der Waals surface area (Å²) in [5.74, 6) is 1.78. The van der Waals surface area contributed by atoms with Gasteiger partial charge in [0.2, 0.25) is 0 Å². The molecular weight excluding hydrogens is 376 g/mol. The first kappa shape index (κ1) is 18.2. The Labute approximate surface area is 159 Å². The minimum Gasteiger partial charge on any atom is -0.486 e. The molecule has 0 atom stereocenters. The molecular formula is C17H15ClN4O3S. The summed E-state index contributed by atoms with van der Waals surface area (Å²) in [6, 6.07) is 13.7. The van der Waals surface area contributed by atoms with Crippen LogP contribution in [-0.4, -0.2) is 19.7 Å². The third-order valence-electron chi connectivity index (χ3n) is 3.65. The maximum absolute atomic E-state index is 11.1. The fraction of sp³-hybridized carbons (Fsp3) is 0.176. The highest BCUT2D eigenvalue weighted by Gasteiger charge is 2.15. The van der Waals surface area contributed by atoms with Gasteiger partial charge in [-0.1, -0.05) is 41.6 Å². The summed E-state index contributed by atoms with van der Waals surface area (Å²) in [4.78, 5) is 10.7. The van der Waals surface area contributed by atoms with Gasteiger partial charge in [0.05, 0.1) is 4.92 Å². The summed E-state index contributed by atoms with van der Waals surface area (Å²) >= 11 is 7.23. The number of nitrogens with zero attached hydrogens (tertiary/aromatic N) is 4. The summed E-state index contributed by atoms with van der Waals surface area (Å²) in [5, 5.41) is 20.7. The van der Waals surface area contributed by atoms with Crippen LogP contribution in [-0.2, 0) is 19.4 Å². The Hall–Kier alpha value is -2.58. The number of halogens is 1. The second kappa shape index (κ2) is 8.20. The van der Waals surface area contributed by atoms with E-state index >= 15 is 0 Å². The van der Waals surface area contributed by atoms with Crippen LogP contribution in [0.1, 0.15) is 11.4 Å². The maximum Gasteiger partial charge on any atom is 0.273 e. The van der Waals surface area contributed by atoms with Crippen molar-refractivity contribution in [3.05, 3.63) is 75.1 Å². The van der Waals surface area contributed by atoms with Gasteiger partial charge in [-0.2, -0.15) is 0 Å². The van der Waals surface area contributed by atoms with Crippen molar-refractivity contribution in [1.82, 2.24) is 14.8 Å². The van der Waals surface area contributed by atoms with Crippen LogP contribution < -0.4 is 4.74 Å². The lowest BCUT2D eigenvalue weighted by Gasteiger charge is -2.07. The van der Waals surface area contributed by atoms with Crippen LogP contribution in [0, 0.1) is 10.1 Å². The van der Waals surface area contributed by atoms with Crippen molar-refractivity contribution in [2.45, 2.75) is 17.5 Å². The van der Waals surface area contributed by atoms with Crippen LogP contribution in [0.2, 0.25) is 5.02 Å². The number of nitro benzene ring substituents is 1. The van der Waals surface area contributed by atoms with Gasteiger partial charge in [-0.25, -0.2) is 0 Å². The molecule has 0 N–H and O–H groups in total. The SMILES string of the molecule is Cn1c(COc2ccc(Cl)cc2)nnc1SCc1ccccc1[N+](=O)[O-]. The molecule has 0 unspecified atom stereocenters.